The summed E-state index contributed by atoms with van der Waals surface area (Å²) in [7, 11) is 0. The number of hydrogen-bond donors (Lipinski definition) is 2. The molecule has 2 aromatic heterocycles. The molecule has 0 saturated carbocycles. The van der Waals surface area contributed by atoms with Gasteiger partial charge in [0.05, 0.1) is 5.69 Å². The molecule has 3 aromatic rings. The van der Waals surface area contributed by atoms with Gasteiger partial charge in [-0.3, -0.25) is 4.79 Å². The Labute approximate surface area is 129 Å². The standard InChI is InChI=1S/C14H12BrN5O/c1-8(21)17-13-12(15)14-18-10(7-11(16)20(14)19-13)9-5-3-2-4-6-9/h2-7H,16H2,1H3,(H,17,19,21). The van der Waals surface area contributed by atoms with E-state index in [1.54, 1.807) is 6.07 Å². The van der Waals surface area contributed by atoms with Crippen LogP contribution >= 0.6 is 15.9 Å². The molecule has 1 aromatic carbocycles. The van der Waals surface area contributed by atoms with Gasteiger partial charge in [-0.1, -0.05) is 30.3 Å². The van der Waals surface area contributed by atoms with Gasteiger partial charge in [-0.25, -0.2) is 4.98 Å². The number of nitrogens with one attached hydrogen (secondary N) is 1. The summed E-state index contributed by atoms with van der Waals surface area (Å²) in [6, 6.07) is 11.5. The zero-order valence-electron chi connectivity index (χ0n) is 11.2. The Bertz CT molecular complexity index is 828. The lowest BCUT2D eigenvalue weighted by Crippen LogP contribution is -2.07. The van der Waals surface area contributed by atoms with Crippen LogP contribution in [0.1, 0.15) is 6.92 Å². The summed E-state index contributed by atoms with van der Waals surface area (Å²) in [5, 5.41) is 6.87. The van der Waals surface area contributed by atoms with Crippen molar-refractivity contribution in [3.8, 4) is 11.3 Å². The molecule has 106 valence electrons. The lowest BCUT2D eigenvalue weighted by molar-refractivity contribution is -0.114. The predicted octanol–water partition coefficient (Wildman–Crippen LogP) is 2.70. The average molecular weight is 346 g/mol. The van der Waals surface area contributed by atoms with Gasteiger partial charge in [0.1, 0.15) is 10.3 Å². The van der Waals surface area contributed by atoms with Crippen molar-refractivity contribution in [1.82, 2.24) is 14.6 Å². The van der Waals surface area contributed by atoms with E-state index < -0.39 is 0 Å². The summed E-state index contributed by atoms with van der Waals surface area (Å²) in [4.78, 5) is 15.7. The van der Waals surface area contributed by atoms with Crippen molar-refractivity contribution in [2.45, 2.75) is 6.92 Å². The van der Waals surface area contributed by atoms with Gasteiger partial charge in [-0.2, -0.15) is 4.52 Å². The van der Waals surface area contributed by atoms with Crippen LogP contribution in [-0.2, 0) is 4.79 Å². The molecular formula is C14H12BrN5O. The SMILES string of the molecule is CC(=O)Nc1nn2c(N)cc(-c3ccccc3)nc2c1Br. The van der Waals surface area contributed by atoms with Crippen LogP contribution in [0.25, 0.3) is 16.9 Å². The second kappa shape index (κ2) is 5.17. The molecule has 0 bridgehead atoms. The van der Waals surface area contributed by atoms with Crippen LogP contribution in [0.4, 0.5) is 11.6 Å². The lowest BCUT2D eigenvalue weighted by atomic mass is 10.1. The molecule has 6 nitrogen and oxygen atoms in total. The Morgan fingerprint density at radius 2 is 2.05 bits per heavy atom. The maximum atomic E-state index is 11.2. The van der Waals surface area contributed by atoms with Gasteiger partial charge < -0.3 is 11.1 Å². The van der Waals surface area contributed by atoms with Gasteiger partial charge in [-0.15, -0.1) is 5.10 Å². The fraction of sp³-hybridized carbons (Fsp3) is 0.0714. The number of nitrogens with zero attached hydrogens (tertiary/aromatic N) is 3. The number of nitrogen functional groups attached to an aromatic ring is 1. The van der Waals surface area contributed by atoms with Crippen LogP contribution in [-0.4, -0.2) is 20.5 Å². The largest absolute Gasteiger partial charge is 0.384 e. The molecule has 0 spiro atoms. The smallest absolute Gasteiger partial charge is 0.222 e. The molecular weight excluding hydrogens is 334 g/mol. The minimum Gasteiger partial charge on any atom is -0.384 e. The Kier molecular flexibility index (Phi) is 3.34. The molecule has 0 atom stereocenters. The van der Waals surface area contributed by atoms with Gasteiger partial charge in [0.2, 0.25) is 5.91 Å². The first-order valence-electron chi connectivity index (χ1n) is 6.24. The number of anilines is 2. The Balaban J connectivity index is 2.19. The molecule has 0 radical (unpaired) electrons. The zero-order chi connectivity index (χ0) is 15.0. The number of fused-ring (bicyclic) bond motifs is 1. The molecule has 0 aliphatic rings. The van der Waals surface area contributed by atoms with Crippen molar-refractivity contribution in [3.63, 3.8) is 0 Å². The Hall–Kier alpha value is -2.41. The molecule has 0 saturated heterocycles. The van der Waals surface area contributed by atoms with E-state index in [9.17, 15) is 4.79 Å². The fourth-order valence-electron chi connectivity index (χ4n) is 2.02. The summed E-state index contributed by atoms with van der Waals surface area (Å²) in [6.07, 6.45) is 0. The summed E-state index contributed by atoms with van der Waals surface area (Å²) in [5.41, 5.74) is 8.29. The summed E-state index contributed by atoms with van der Waals surface area (Å²) in [6.45, 7) is 1.42. The topological polar surface area (TPSA) is 85.3 Å². The van der Waals surface area contributed by atoms with Gasteiger partial charge in [-0.05, 0) is 15.9 Å². The minimum atomic E-state index is -0.207. The first kappa shape index (κ1) is 13.6. The molecule has 0 aliphatic heterocycles. The van der Waals surface area contributed by atoms with E-state index in [4.69, 9.17) is 5.73 Å². The van der Waals surface area contributed by atoms with Crippen LogP contribution in [0.2, 0.25) is 0 Å². The Morgan fingerprint density at radius 3 is 2.71 bits per heavy atom. The summed E-state index contributed by atoms with van der Waals surface area (Å²) in [5.74, 6) is 0.629. The fourth-order valence-corrected chi connectivity index (χ4v) is 2.45. The van der Waals surface area contributed by atoms with Crippen molar-refractivity contribution in [3.05, 3.63) is 40.9 Å². The third kappa shape index (κ3) is 2.47. The number of aromatic nitrogens is 3. The van der Waals surface area contributed by atoms with Crippen molar-refractivity contribution in [2.24, 2.45) is 0 Å². The van der Waals surface area contributed by atoms with Crippen LogP contribution in [0, 0.1) is 0 Å². The highest BCUT2D eigenvalue weighted by Gasteiger charge is 2.15. The van der Waals surface area contributed by atoms with Crippen LogP contribution in [0.15, 0.2) is 40.9 Å². The highest BCUT2D eigenvalue weighted by atomic mass is 79.9. The second-order valence-corrected chi connectivity index (χ2v) is 5.30. The van der Waals surface area contributed by atoms with E-state index in [0.29, 0.717) is 21.8 Å². The van der Waals surface area contributed by atoms with Crippen molar-refractivity contribution in [1.29, 1.82) is 0 Å². The molecule has 3 rings (SSSR count). The lowest BCUT2D eigenvalue weighted by Gasteiger charge is -2.04. The van der Waals surface area contributed by atoms with E-state index in [-0.39, 0.29) is 5.91 Å². The molecule has 0 fully saturated rings. The number of halogens is 1. The van der Waals surface area contributed by atoms with E-state index in [1.165, 1.54) is 11.4 Å². The zero-order valence-corrected chi connectivity index (χ0v) is 12.8. The van der Waals surface area contributed by atoms with Crippen molar-refractivity contribution >= 4 is 39.1 Å². The number of benzene rings is 1. The van der Waals surface area contributed by atoms with E-state index in [2.05, 4.69) is 31.3 Å². The van der Waals surface area contributed by atoms with Crippen LogP contribution < -0.4 is 11.1 Å². The summed E-state index contributed by atoms with van der Waals surface area (Å²) < 4.78 is 2.09. The quantitative estimate of drug-likeness (QED) is 0.747. The molecule has 1 amide bonds. The Morgan fingerprint density at radius 1 is 1.33 bits per heavy atom. The van der Waals surface area contributed by atoms with Gasteiger partial charge in [0.15, 0.2) is 11.5 Å². The highest BCUT2D eigenvalue weighted by molar-refractivity contribution is 9.10. The van der Waals surface area contributed by atoms with Gasteiger partial charge in [0.25, 0.3) is 0 Å². The molecule has 0 aliphatic carbocycles. The third-order valence-corrected chi connectivity index (χ3v) is 3.65. The normalized spacial score (nSPS) is 10.8. The third-order valence-electron chi connectivity index (χ3n) is 2.92. The van der Waals surface area contributed by atoms with E-state index in [0.717, 1.165) is 11.3 Å². The predicted molar refractivity (Wildman–Crippen MR) is 84.8 cm³/mol. The van der Waals surface area contributed by atoms with E-state index in [1.807, 2.05) is 30.3 Å². The number of hydrogen-bond acceptors (Lipinski definition) is 4. The maximum absolute atomic E-state index is 11.2. The molecule has 3 N–H and O–H groups in total. The number of amides is 1. The first-order valence-corrected chi connectivity index (χ1v) is 7.03. The summed E-state index contributed by atoms with van der Waals surface area (Å²) >= 11 is 3.41. The minimum absolute atomic E-state index is 0.207. The molecule has 2 heterocycles. The monoisotopic (exact) mass is 345 g/mol. The molecule has 0 unspecified atom stereocenters. The second-order valence-electron chi connectivity index (χ2n) is 4.51. The average Bonchev–Trinajstić information content (AvgIpc) is 2.77. The maximum Gasteiger partial charge on any atom is 0.222 e. The van der Waals surface area contributed by atoms with Crippen LogP contribution in [0.5, 0.6) is 0 Å². The van der Waals surface area contributed by atoms with Gasteiger partial charge >= 0.3 is 0 Å². The van der Waals surface area contributed by atoms with Crippen LogP contribution in [0.3, 0.4) is 0 Å². The van der Waals surface area contributed by atoms with Crippen molar-refractivity contribution < 1.29 is 4.79 Å². The molecule has 21 heavy (non-hydrogen) atoms. The molecule has 7 heteroatoms. The number of rotatable bonds is 2. The number of carbonyl (C=O) groups is 1. The number of nitrogens with two attached hydrogens (primary N) is 1. The first-order chi connectivity index (χ1) is 10.1. The van der Waals surface area contributed by atoms with Crippen molar-refractivity contribution in [2.75, 3.05) is 11.1 Å². The highest BCUT2D eigenvalue weighted by Crippen LogP contribution is 2.29. The van der Waals surface area contributed by atoms with E-state index >= 15 is 0 Å². The number of carbonyl (C=O) groups excluding carboxylic acids is 1. The van der Waals surface area contributed by atoms with Gasteiger partial charge in [0, 0.05) is 18.6 Å².